The number of rotatable bonds is 9. The summed E-state index contributed by atoms with van der Waals surface area (Å²) in [6.45, 7) is 4.48. The van der Waals surface area contributed by atoms with Crippen molar-refractivity contribution in [2.75, 3.05) is 20.3 Å². The lowest BCUT2D eigenvalue weighted by Crippen LogP contribution is -2.41. The van der Waals surface area contributed by atoms with E-state index in [-0.39, 0.29) is 13.0 Å². The summed E-state index contributed by atoms with van der Waals surface area (Å²) in [7, 11) is 1.48. The molecule has 1 atom stereocenters. The van der Waals surface area contributed by atoms with Gasteiger partial charge in [-0.2, -0.15) is 0 Å². The number of thiazole rings is 1. The van der Waals surface area contributed by atoms with Crippen molar-refractivity contribution < 1.29 is 24.2 Å². The lowest BCUT2D eigenvalue weighted by atomic mass is 10.2. The van der Waals surface area contributed by atoms with Gasteiger partial charge < -0.3 is 19.9 Å². The highest BCUT2D eigenvalue weighted by atomic mass is 32.1. The number of nitrogens with zero attached hydrogens (tertiary/aromatic N) is 1. The molecule has 140 valence electrons. The van der Waals surface area contributed by atoms with Crippen molar-refractivity contribution in [1.82, 2.24) is 10.3 Å². The molecule has 0 saturated heterocycles. The third-order valence-electron chi connectivity index (χ3n) is 3.63. The summed E-state index contributed by atoms with van der Waals surface area (Å²) in [5, 5.41) is 12.4. The molecule has 1 heterocycles. The van der Waals surface area contributed by atoms with Crippen molar-refractivity contribution in [3.63, 3.8) is 0 Å². The van der Waals surface area contributed by atoms with E-state index in [0.29, 0.717) is 22.2 Å². The molecule has 1 aromatic carbocycles. The molecule has 0 radical (unpaired) electrons. The van der Waals surface area contributed by atoms with Crippen LogP contribution in [-0.4, -0.2) is 48.3 Å². The molecule has 1 amide bonds. The Morgan fingerprint density at radius 1 is 1.31 bits per heavy atom. The lowest BCUT2D eigenvalue weighted by Gasteiger charge is -2.13. The predicted octanol–water partition coefficient (Wildman–Crippen LogP) is 2.74. The molecule has 0 bridgehead atoms. The maximum atomic E-state index is 12.5. The van der Waals surface area contributed by atoms with Gasteiger partial charge in [-0.25, -0.2) is 9.78 Å². The van der Waals surface area contributed by atoms with E-state index in [1.54, 1.807) is 6.92 Å². The molecule has 0 fully saturated rings. The van der Waals surface area contributed by atoms with Gasteiger partial charge in [-0.3, -0.25) is 4.79 Å². The van der Waals surface area contributed by atoms with Crippen molar-refractivity contribution in [3.05, 3.63) is 34.8 Å². The van der Waals surface area contributed by atoms with E-state index in [0.717, 1.165) is 11.3 Å². The van der Waals surface area contributed by atoms with Gasteiger partial charge in [-0.05, 0) is 38.1 Å². The van der Waals surface area contributed by atoms with Crippen LogP contribution in [0.15, 0.2) is 24.3 Å². The van der Waals surface area contributed by atoms with Crippen molar-refractivity contribution in [3.8, 4) is 16.3 Å². The Kier molecular flexibility index (Phi) is 7.11. The second-order valence-corrected chi connectivity index (χ2v) is 6.54. The number of aliphatic carboxylic acids is 1. The van der Waals surface area contributed by atoms with Crippen LogP contribution in [0.1, 0.15) is 28.7 Å². The van der Waals surface area contributed by atoms with Gasteiger partial charge in [0.05, 0.1) is 12.3 Å². The second-order valence-electron chi connectivity index (χ2n) is 5.54. The number of aromatic nitrogens is 1. The average Bonchev–Trinajstić information content (AvgIpc) is 3.01. The molecular formula is C18H22N2O5S. The summed E-state index contributed by atoms with van der Waals surface area (Å²) in [6.07, 6.45) is 0.196. The molecule has 8 heteroatoms. The van der Waals surface area contributed by atoms with E-state index in [1.807, 2.05) is 31.2 Å². The maximum absolute atomic E-state index is 12.5. The van der Waals surface area contributed by atoms with Crippen molar-refractivity contribution >= 4 is 23.2 Å². The zero-order chi connectivity index (χ0) is 19.1. The molecule has 0 aliphatic heterocycles. The number of carbonyl (C=O) groups is 2. The minimum atomic E-state index is -1.09. The summed E-state index contributed by atoms with van der Waals surface area (Å²) < 4.78 is 10.3. The number of carbonyl (C=O) groups excluding carboxylic acids is 1. The first-order chi connectivity index (χ1) is 12.5. The minimum Gasteiger partial charge on any atom is -0.494 e. The quantitative estimate of drug-likeness (QED) is 0.696. The first-order valence-corrected chi connectivity index (χ1v) is 9.01. The number of carboxylic acid groups (broad SMARTS) is 1. The van der Waals surface area contributed by atoms with Crippen LogP contribution >= 0.6 is 11.3 Å². The number of hydrogen-bond donors (Lipinski definition) is 2. The monoisotopic (exact) mass is 378 g/mol. The van der Waals surface area contributed by atoms with Gasteiger partial charge in [-0.15, -0.1) is 11.3 Å². The van der Waals surface area contributed by atoms with Crippen LogP contribution < -0.4 is 10.1 Å². The molecule has 0 aliphatic carbocycles. The fourth-order valence-electron chi connectivity index (χ4n) is 2.31. The van der Waals surface area contributed by atoms with Gasteiger partial charge in [0.25, 0.3) is 5.91 Å². The molecule has 7 nitrogen and oxygen atoms in total. The molecule has 2 N–H and O–H groups in total. The van der Waals surface area contributed by atoms with Crippen LogP contribution in [0.25, 0.3) is 10.6 Å². The van der Waals surface area contributed by atoms with E-state index >= 15 is 0 Å². The largest absolute Gasteiger partial charge is 0.494 e. The average molecular weight is 378 g/mol. The fraction of sp³-hybridized carbons (Fsp3) is 0.389. The van der Waals surface area contributed by atoms with Gasteiger partial charge >= 0.3 is 5.97 Å². The molecule has 1 aromatic heterocycles. The molecule has 2 aromatic rings. The normalized spacial score (nSPS) is 11.8. The first-order valence-electron chi connectivity index (χ1n) is 8.19. The van der Waals surface area contributed by atoms with Gasteiger partial charge in [-0.1, -0.05) is 0 Å². The van der Waals surface area contributed by atoms with E-state index in [4.69, 9.17) is 9.47 Å². The minimum absolute atomic E-state index is 0.196. The molecular weight excluding hydrogens is 356 g/mol. The number of aryl methyl sites for hydroxylation is 1. The summed E-state index contributed by atoms with van der Waals surface area (Å²) in [5.74, 6) is -0.769. The number of ether oxygens (including phenoxy) is 2. The van der Waals surface area contributed by atoms with Crippen LogP contribution in [0.2, 0.25) is 0 Å². The van der Waals surface area contributed by atoms with Gasteiger partial charge in [0, 0.05) is 25.7 Å². The van der Waals surface area contributed by atoms with Gasteiger partial charge in [0.15, 0.2) is 0 Å². The molecule has 0 spiro atoms. The van der Waals surface area contributed by atoms with E-state index < -0.39 is 17.9 Å². The van der Waals surface area contributed by atoms with E-state index in [9.17, 15) is 14.7 Å². The van der Waals surface area contributed by atoms with E-state index in [2.05, 4.69) is 10.3 Å². The topological polar surface area (TPSA) is 97.8 Å². The smallest absolute Gasteiger partial charge is 0.326 e. The summed E-state index contributed by atoms with van der Waals surface area (Å²) in [4.78, 5) is 28.6. The lowest BCUT2D eigenvalue weighted by molar-refractivity contribution is -0.139. The van der Waals surface area contributed by atoms with Crippen LogP contribution in [0.5, 0.6) is 5.75 Å². The third kappa shape index (κ3) is 5.03. The second kappa shape index (κ2) is 9.30. The zero-order valence-electron chi connectivity index (χ0n) is 14.9. The SMILES string of the molecule is CCOc1ccc(-c2nc(C)c(C(=O)NC(CCOC)C(=O)O)s2)cc1. The fourth-order valence-corrected chi connectivity index (χ4v) is 3.28. The summed E-state index contributed by atoms with van der Waals surface area (Å²) in [6, 6.07) is 6.45. The van der Waals surface area contributed by atoms with Gasteiger partial charge in [0.1, 0.15) is 21.7 Å². The Bertz CT molecular complexity index is 757. The summed E-state index contributed by atoms with van der Waals surface area (Å²) >= 11 is 1.23. The van der Waals surface area contributed by atoms with Crippen molar-refractivity contribution in [2.45, 2.75) is 26.3 Å². The number of nitrogens with one attached hydrogen (secondary N) is 1. The highest BCUT2D eigenvalue weighted by molar-refractivity contribution is 7.17. The third-order valence-corrected chi connectivity index (χ3v) is 4.83. The molecule has 0 aliphatic rings. The summed E-state index contributed by atoms with van der Waals surface area (Å²) in [5.41, 5.74) is 1.43. The number of methoxy groups -OCH3 is 1. The van der Waals surface area contributed by atoms with Gasteiger partial charge in [0.2, 0.25) is 0 Å². The molecule has 1 unspecified atom stereocenters. The van der Waals surface area contributed by atoms with E-state index in [1.165, 1.54) is 18.4 Å². The van der Waals surface area contributed by atoms with Crippen LogP contribution in [0.4, 0.5) is 0 Å². The predicted molar refractivity (Wildman–Crippen MR) is 98.8 cm³/mol. The maximum Gasteiger partial charge on any atom is 0.326 e. The standard InChI is InChI=1S/C18H22N2O5S/c1-4-25-13-7-5-12(6-8-13)17-19-11(2)15(26-17)16(21)20-14(18(22)23)9-10-24-3/h5-8,14H,4,9-10H2,1-3H3,(H,20,21)(H,22,23). The van der Waals surface area contributed by atoms with Crippen LogP contribution in [0.3, 0.4) is 0 Å². The Labute approximate surface area is 156 Å². The van der Waals surface area contributed by atoms with Crippen molar-refractivity contribution in [2.24, 2.45) is 0 Å². The first kappa shape index (κ1) is 19.9. The number of amides is 1. The zero-order valence-corrected chi connectivity index (χ0v) is 15.8. The molecule has 2 rings (SSSR count). The van der Waals surface area contributed by atoms with Crippen LogP contribution in [0, 0.1) is 6.92 Å². The molecule has 0 saturated carbocycles. The van der Waals surface area contributed by atoms with Crippen LogP contribution in [-0.2, 0) is 9.53 Å². The number of carboxylic acids is 1. The Morgan fingerprint density at radius 3 is 2.58 bits per heavy atom. The van der Waals surface area contributed by atoms with Crippen molar-refractivity contribution in [1.29, 1.82) is 0 Å². The molecule has 26 heavy (non-hydrogen) atoms. The Balaban J connectivity index is 2.15. The number of hydrogen-bond acceptors (Lipinski definition) is 6. The highest BCUT2D eigenvalue weighted by Gasteiger charge is 2.23. The Hall–Kier alpha value is -2.45. The highest BCUT2D eigenvalue weighted by Crippen LogP contribution is 2.29. The Morgan fingerprint density at radius 2 is 2.00 bits per heavy atom. The number of benzene rings is 1.